The lowest BCUT2D eigenvalue weighted by Gasteiger charge is -2.03. The van der Waals surface area contributed by atoms with Gasteiger partial charge in [-0.05, 0) is 18.6 Å². The van der Waals surface area contributed by atoms with Gasteiger partial charge in [-0.25, -0.2) is 4.39 Å². The van der Waals surface area contributed by atoms with Gasteiger partial charge in [0.05, 0.1) is 10.6 Å². The van der Waals surface area contributed by atoms with E-state index in [9.17, 15) is 9.18 Å². The maximum Gasteiger partial charge on any atom is 0.250 e. The van der Waals surface area contributed by atoms with Gasteiger partial charge in [0.25, 0.3) is 5.91 Å². The zero-order valence-electron chi connectivity index (χ0n) is 6.40. The lowest BCUT2D eigenvalue weighted by molar-refractivity contribution is 0.0999. The first-order valence-electron chi connectivity index (χ1n) is 3.28. The largest absolute Gasteiger partial charge is 0.366 e. The SMILES string of the molecule is Cc1ccc(F)c(Cl)c1C(N)=O. The number of hydrogen-bond acceptors (Lipinski definition) is 1. The van der Waals surface area contributed by atoms with Crippen molar-refractivity contribution in [3.63, 3.8) is 0 Å². The summed E-state index contributed by atoms with van der Waals surface area (Å²) in [6, 6.07) is 2.66. The monoisotopic (exact) mass is 187 g/mol. The Kier molecular flexibility index (Phi) is 2.33. The van der Waals surface area contributed by atoms with E-state index in [-0.39, 0.29) is 10.6 Å². The molecule has 0 radical (unpaired) electrons. The number of aryl methyl sites for hydroxylation is 1. The molecule has 0 spiro atoms. The molecule has 1 aromatic rings. The van der Waals surface area contributed by atoms with Crippen LogP contribution in [0.1, 0.15) is 15.9 Å². The van der Waals surface area contributed by atoms with Crippen LogP contribution in [-0.2, 0) is 0 Å². The van der Waals surface area contributed by atoms with Crippen LogP contribution in [0, 0.1) is 12.7 Å². The molecule has 0 aliphatic rings. The van der Waals surface area contributed by atoms with Gasteiger partial charge in [-0.2, -0.15) is 0 Å². The van der Waals surface area contributed by atoms with Crippen molar-refractivity contribution in [2.75, 3.05) is 0 Å². The second-order valence-electron chi connectivity index (χ2n) is 2.42. The number of halogens is 2. The molecule has 0 saturated heterocycles. The predicted octanol–water partition coefficient (Wildman–Crippen LogP) is 1.89. The van der Waals surface area contributed by atoms with Crippen LogP contribution in [0.2, 0.25) is 5.02 Å². The standard InChI is InChI=1S/C8H7ClFNO/c1-4-2-3-5(10)7(9)6(4)8(11)12/h2-3H,1H3,(H2,11,12). The molecule has 0 aromatic heterocycles. The summed E-state index contributed by atoms with van der Waals surface area (Å²) in [6.45, 7) is 1.64. The molecule has 0 bridgehead atoms. The molecular formula is C8H7ClFNO. The Balaban J connectivity index is 3.43. The molecule has 0 fully saturated rings. The first-order valence-corrected chi connectivity index (χ1v) is 3.66. The molecule has 0 heterocycles. The van der Waals surface area contributed by atoms with Crippen LogP contribution in [0.4, 0.5) is 4.39 Å². The highest BCUT2D eigenvalue weighted by molar-refractivity contribution is 6.34. The maximum absolute atomic E-state index is 12.8. The van der Waals surface area contributed by atoms with E-state index in [1.807, 2.05) is 0 Å². The Labute approximate surface area is 74.1 Å². The number of carbonyl (C=O) groups excluding carboxylic acids is 1. The molecule has 64 valence electrons. The zero-order chi connectivity index (χ0) is 9.30. The fourth-order valence-corrected chi connectivity index (χ4v) is 1.25. The fraction of sp³-hybridized carbons (Fsp3) is 0.125. The van der Waals surface area contributed by atoms with Crippen LogP contribution in [0.5, 0.6) is 0 Å². The predicted molar refractivity (Wildman–Crippen MR) is 44.7 cm³/mol. The van der Waals surface area contributed by atoms with Gasteiger partial charge in [0, 0.05) is 0 Å². The zero-order valence-corrected chi connectivity index (χ0v) is 7.15. The van der Waals surface area contributed by atoms with Crippen molar-refractivity contribution in [3.05, 3.63) is 34.1 Å². The molecule has 0 unspecified atom stereocenters. The molecule has 2 nitrogen and oxygen atoms in total. The van der Waals surface area contributed by atoms with Crippen LogP contribution < -0.4 is 5.73 Å². The molecule has 1 aromatic carbocycles. The summed E-state index contributed by atoms with van der Waals surface area (Å²) >= 11 is 5.52. The first-order chi connectivity index (χ1) is 5.54. The Morgan fingerprint density at radius 3 is 2.58 bits per heavy atom. The van der Waals surface area contributed by atoms with Crippen molar-refractivity contribution >= 4 is 17.5 Å². The van der Waals surface area contributed by atoms with Gasteiger partial charge < -0.3 is 5.73 Å². The third kappa shape index (κ3) is 1.41. The van der Waals surface area contributed by atoms with Crippen LogP contribution in [0.15, 0.2) is 12.1 Å². The number of rotatable bonds is 1. The molecule has 4 heteroatoms. The Morgan fingerprint density at radius 1 is 1.58 bits per heavy atom. The second kappa shape index (κ2) is 3.11. The summed E-state index contributed by atoms with van der Waals surface area (Å²) in [7, 11) is 0. The highest BCUT2D eigenvalue weighted by Crippen LogP contribution is 2.22. The quantitative estimate of drug-likeness (QED) is 0.717. The van der Waals surface area contributed by atoms with Gasteiger partial charge in [0.2, 0.25) is 0 Å². The highest BCUT2D eigenvalue weighted by atomic mass is 35.5. The maximum atomic E-state index is 12.8. The number of primary amides is 1. The Hall–Kier alpha value is -1.09. The molecule has 2 N–H and O–H groups in total. The molecule has 1 rings (SSSR count). The smallest absolute Gasteiger partial charge is 0.250 e. The summed E-state index contributed by atoms with van der Waals surface area (Å²) in [5.74, 6) is -1.34. The summed E-state index contributed by atoms with van der Waals surface area (Å²) in [5.41, 5.74) is 5.62. The Morgan fingerprint density at radius 2 is 2.17 bits per heavy atom. The first kappa shape index (κ1) is 9.00. The Bertz CT molecular complexity index is 338. The lowest BCUT2D eigenvalue weighted by Crippen LogP contribution is -2.13. The third-order valence-electron chi connectivity index (χ3n) is 1.55. The molecule has 0 aliphatic carbocycles. The molecule has 1 amide bonds. The summed E-state index contributed by atoms with van der Waals surface area (Å²) < 4.78 is 12.8. The average molecular weight is 188 g/mol. The van der Waals surface area contributed by atoms with Crippen molar-refractivity contribution < 1.29 is 9.18 Å². The van der Waals surface area contributed by atoms with E-state index in [1.165, 1.54) is 12.1 Å². The minimum atomic E-state index is -0.711. The van der Waals surface area contributed by atoms with Gasteiger partial charge in [-0.1, -0.05) is 17.7 Å². The van der Waals surface area contributed by atoms with Crippen molar-refractivity contribution in [3.8, 4) is 0 Å². The van der Waals surface area contributed by atoms with Gasteiger partial charge in [-0.15, -0.1) is 0 Å². The summed E-state index contributed by atoms with van der Waals surface area (Å²) in [4.78, 5) is 10.8. The van der Waals surface area contributed by atoms with E-state index in [2.05, 4.69) is 0 Å². The van der Waals surface area contributed by atoms with Crippen LogP contribution >= 0.6 is 11.6 Å². The van der Waals surface area contributed by atoms with Crippen LogP contribution in [0.3, 0.4) is 0 Å². The summed E-state index contributed by atoms with van der Waals surface area (Å²) in [6.07, 6.45) is 0. The molecule has 0 atom stereocenters. The second-order valence-corrected chi connectivity index (χ2v) is 2.80. The van der Waals surface area contributed by atoms with Crippen LogP contribution in [-0.4, -0.2) is 5.91 Å². The highest BCUT2D eigenvalue weighted by Gasteiger charge is 2.13. The third-order valence-corrected chi connectivity index (χ3v) is 1.92. The van der Waals surface area contributed by atoms with E-state index in [1.54, 1.807) is 6.92 Å². The van der Waals surface area contributed by atoms with Gasteiger partial charge >= 0.3 is 0 Å². The number of nitrogens with two attached hydrogens (primary N) is 1. The van der Waals surface area contributed by atoms with Gasteiger partial charge in [0.15, 0.2) is 0 Å². The molecule has 12 heavy (non-hydrogen) atoms. The van der Waals surface area contributed by atoms with Crippen molar-refractivity contribution in [1.82, 2.24) is 0 Å². The van der Waals surface area contributed by atoms with E-state index in [0.29, 0.717) is 5.56 Å². The average Bonchev–Trinajstić information content (AvgIpc) is 1.97. The number of hydrogen-bond donors (Lipinski definition) is 1. The van der Waals surface area contributed by atoms with Crippen molar-refractivity contribution in [2.45, 2.75) is 6.92 Å². The lowest BCUT2D eigenvalue weighted by atomic mass is 10.1. The van der Waals surface area contributed by atoms with E-state index in [4.69, 9.17) is 17.3 Å². The van der Waals surface area contributed by atoms with E-state index in [0.717, 1.165) is 0 Å². The summed E-state index contributed by atoms with van der Waals surface area (Å²) in [5, 5.41) is -0.206. The van der Waals surface area contributed by atoms with Crippen molar-refractivity contribution in [2.24, 2.45) is 5.73 Å². The minimum Gasteiger partial charge on any atom is -0.366 e. The van der Waals surface area contributed by atoms with Crippen LogP contribution in [0.25, 0.3) is 0 Å². The normalized spacial score (nSPS) is 9.92. The van der Waals surface area contributed by atoms with E-state index < -0.39 is 11.7 Å². The van der Waals surface area contributed by atoms with Gasteiger partial charge in [0.1, 0.15) is 5.82 Å². The fourth-order valence-electron chi connectivity index (χ4n) is 0.950. The van der Waals surface area contributed by atoms with Crippen molar-refractivity contribution in [1.29, 1.82) is 0 Å². The van der Waals surface area contributed by atoms with E-state index >= 15 is 0 Å². The molecule has 0 saturated carbocycles. The number of carbonyl (C=O) groups is 1. The molecular weight excluding hydrogens is 181 g/mol. The number of amides is 1. The van der Waals surface area contributed by atoms with Gasteiger partial charge in [-0.3, -0.25) is 4.79 Å². The molecule has 0 aliphatic heterocycles. The minimum absolute atomic E-state index is 0.0525. The number of benzene rings is 1. The topological polar surface area (TPSA) is 43.1 Å².